The fourth-order valence-corrected chi connectivity index (χ4v) is 4.59. The van der Waals surface area contributed by atoms with Crippen LogP contribution < -0.4 is 0 Å². The van der Waals surface area contributed by atoms with Gasteiger partial charge >= 0.3 is 6.92 Å². The molecular weight excluding hydrogens is 291 g/mol. The van der Waals surface area contributed by atoms with Crippen molar-refractivity contribution < 1.29 is 4.65 Å². The molecule has 0 aliphatic carbocycles. The van der Waals surface area contributed by atoms with Gasteiger partial charge in [-0.15, -0.1) is 0 Å². The van der Waals surface area contributed by atoms with Crippen molar-refractivity contribution in [3.05, 3.63) is 42.0 Å². The number of fused-ring (bicyclic) bond motifs is 2. The van der Waals surface area contributed by atoms with Crippen molar-refractivity contribution in [2.75, 3.05) is 0 Å². The van der Waals surface area contributed by atoms with Gasteiger partial charge in [0.05, 0.1) is 0 Å². The van der Waals surface area contributed by atoms with Gasteiger partial charge in [-0.3, -0.25) is 0 Å². The minimum Gasteiger partial charge on any atom is -0.560 e. The number of benzene rings is 1. The van der Waals surface area contributed by atoms with Gasteiger partial charge in [0.1, 0.15) is 5.76 Å². The molecule has 24 heavy (non-hydrogen) atoms. The van der Waals surface area contributed by atoms with Crippen LogP contribution in [-0.2, 0) is 4.65 Å². The lowest BCUT2D eigenvalue weighted by Crippen LogP contribution is -2.36. The fourth-order valence-electron chi connectivity index (χ4n) is 4.59. The lowest BCUT2D eigenvalue weighted by Gasteiger charge is -2.39. The van der Waals surface area contributed by atoms with Crippen LogP contribution in [0.2, 0.25) is 11.6 Å². The number of hydrogen-bond acceptors (Lipinski definition) is 1. The monoisotopic (exact) mass is 324 g/mol. The second kappa shape index (κ2) is 9.35. The van der Waals surface area contributed by atoms with Gasteiger partial charge in [0.25, 0.3) is 0 Å². The zero-order chi connectivity index (χ0) is 16.6. The molecule has 1 aromatic rings. The summed E-state index contributed by atoms with van der Waals surface area (Å²) in [5.74, 6) is 2.74. The van der Waals surface area contributed by atoms with Crippen LogP contribution in [0.4, 0.5) is 0 Å². The summed E-state index contributed by atoms with van der Waals surface area (Å²) in [6.07, 6.45) is 17.1. The van der Waals surface area contributed by atoms with Crippen molar-refractivity contribution in [3.8, 4) is 0 Å². The third kappa shape index (κ3) is 4.68. The van der Waals surface area contributed by atoms with Gasteiger partial charge < -0.3 is 4.65 Å². The lowest BCUT2D eigenvalue weighted by molar-refractivity contribution is 0.367. The second-order valence-electron chi connectivity index (χ2n) is 7.75. The predicted molar refractivity (Wildman–Crippen MR) is 105 cm³/mol. The molecule has 2 aliphatic heterocycles. The van der Waals surface area contributed by atoms with Crippen LogP contribution >= 0.6 is 0 Å². The summed E-state index contributed by atoms with van der Waals surface area (Å²) in [5, 5.41) is 0. The van der Waals surface area contributed by atoms with Crippen molar-refractivity contribution in [3.63, 3.8) is 0 Å². The Bertz CT molecular complexity index is 488. The van der Waals surface area contributed by atoms with Gasteiger partial charge in [-0.2, -0.15) is 0 Å². The first-order chi connectivity index (χ1) is 11.9. The quantitative estimate of drug-likeness (QED) is 0.281. The van der Waals surface area contributed by atoms with E-state index in [9.17, 15) is 0 Å². The van der Waals surface area contributed by atoms with E-state index in [-0.39, 0.29) is 0 Å². The fraction of sp³-hybridized carbons (Fsp3) is 0.636. The Morgan fingerprint density at radius 3 is 2.29 bits per heavy atom. The van der Waals surface area contributed by atoms with E-state index in [2.05, 4.69) is 43.3 Å². The molecule has 1 aromatic carbocycles. The maximum Gasteiger partial charge on any atom is 0.364 e. The first kappa shape index (κ1) is 17.6. The van der Waals surface area contributed by atoms with Crippen molar-refractivity contribution in [2.45, 2.75) is 89.2 Å². The van der Waals surface area contributed by atoms with Crippen LogP contribution in [0.1, 0.15) is 83.1 Å². The molecule has 0 unspecified atom stereocenters. The lowest BCUT2D eigenvalue weighted by atomic mass is 9.38. The summed E-state index contributed by atoms with van der Waals surface area (Å²) in [4.78, 5) is 0. The molecule has 0 amide bonds. The number of unbranched alkanes of at least 4 members (excludes halogenated alkanes) is 4. The smallest absolute Gasteiger partial charge is 0.364 e. The van der Waals surface area contributed by atoms with E-state index in [1.54, 1.807) is 0 Å². The highest BCUT2D eigenvalue weighted by Gasteiger charge is 2.42. The van der Waals surface area contributed by atoms with E-state index in [1.807, 2.05) is 0 Å². The van der Waals surface area contributed by atoms with E-state index in [1.165, 1.54) is 69.8 Å². The molecule has 3 rings (SSSR count). The summed E-state index contributed by atoms with van der Waals surface area (Å²) >= 11 is 0. The van der Waals surface area contributed by atoms with Crippen molar-refractivity contribution in [1.82, 2.24) is 0 Å². The van der Waals surface area contributed by atoms with Crippen molar-refractivity contribution >= 4 is 12.7 Å². The molecule has 0 atom stereocenters. The molecule has 2 fully saturated rings. The average Bonchev–Trinajstić information content (AvgIpc) is 2.61. The van der Waals surface area contributed by atoms with Gasteiger partial charge in [0, 0.05) is 5.56 Å². The molecule has 1 nitrogen and oxygen atoms in total. The van der Waals surface area contributed by atoms with E-state index in [0.717, 1.165) is 23.8 Å². The highest BCUT2D eigenvalue weighted by molar-refractivity contribution is 6.57. The summed E-state index contributed by atoms with van der Waals surface area (Å²) in [6, 6.07) is 10.8. The first-order valence-corrected chi connectivity index (χ1v) is 10.3. The second-order valence-corrected chi connectivity index (χ2v) is 7.75. The van der Waals surface area contributed by atoms with Crippen molar-refractivity contribution in [1.29, 1.82) is 0 Å². The molecule has 130 valence electrons. The summed E-state index contributed by atoms with van der Waals surface area (Å²) in [5.41, 5.74) is 1.26. The number of hydrogen-bond donors (Lipinski definition) is 0. The van der Waals surface area contributed by atoms with Gasteiger partial charge in [-0.1, -0.05) is 95.0 Å². The maximum atomic E-state index is 6.71. The van der Waals surface area contributed by atoms with E-state index in [0.29, 0.717) is 6.92 Å². The molecule has 2 aliphatic rings. The summed E-state index contributed by atoms with van der Waals surface area (Å²) in [6.45, 7) is 2.74. The Labute approximate surface area is 149 Å². The predicted octanol–water partition coefficient (Wildman–Crippen LogP) is 7.11. The Hall–Kier alpha value is -1.18. The van der Waals surface area contributed by atoms with Gasteiger partial charge in [0.15, 0.2) is 0 Å². The largest absolute Gasteiger partial charge is 0.560 e. The van der Waals surface area contributed by atoms with Crippen molar-refractivity contribution in [2.24, 2.45) is 0 Å². The number of allylic oxidation sites excluding steroid dienone is 1. The molecule has 0 spiro atoms. The Kier molecular flexibility index (Phi) is 6.87. The maximum absolute atomic E-state index is 6.71. The van der Waals surface area contributed by atoms with E-state index >= 15 is 0 Å². The molecule has 2 bridgehead atoms. The third-order valence-electron chi connectivity index (χ3n) is 5.94. The zero-order valence-corrected chi connectivity index (χ0v) is 15.4. The molecule has 0 aromatic heterocycles. The minimum absolute atomic E-state index is 0.467. The molecule has 0 saturated carbocycles. The zero-order valence-electron chi connectivity index (χ0n) is 15.4. The van der Waals surface area contributed by atoms with Crippen LogP contribution in [0.5, 0.6) is 0 Å². The molecule has 2 heterocycles. The Morgan fingerprint density at radius 2 is 1.67 bits per heavy atom. The van der Waals surface area contributed by atoms with E-state index in [4.69, 9.17) is 4.65 Å². The van der Waals surface area contributed by atoms with Crippen LogP contribution in [0.3, 0.4) is 0 Å². The highest BCUT2D eigenvalue weighted by atomic mass is 16.4. The average molecular weight is 324 g/mol. The standard InChI is InChI=1S/C22H33BO/c1-2-3-4-5-9-18-22(19-12-7-6-8-13-19)24-23-20-14-10-15-21(23)17-11-16-20/h6-8,12-13,18,20-21H,2-5,9-11,14-17H2,1H3/b22-18-. The SMILES string of the molecule is CCCCCC/C=C(\OB1C2CCCC1CCC2)c1ccccc1. The molecular formula is C22H33BO. The Morgan fingerprint density at radius 1 is 1.00 bits per heavy atom. The molecule has 0 radical (unpaired) electrons. The topological polar surface area (TPSA) is 9.23 Å². The minimum atomic E-state index is 0.467. The van der Waals surface area contributed by atoms with Crippen LogP contribution in [0, 0.1) is 0 Å². The normalized spacial score (nSPS) is 24.0. The van der Waals surface area contributed by atoms with Crippen LogP contribution in [0.15, 0.2) is 36.4 Å². The molecule has 2 heteroatoms. The third-order valence-corrected chi connectivity index (χ3v) is 5.94. The highest BCUT2D eigenvalue weighted by Crippen LogP contribution is 2.47. The van der Waals surface area contributed by atoms with Crippen LogP contribution in [0.25, 0.3) is 5.76 Å². The van der Waals surface area contributed by atoms with Gasteiger partial charge in [-0.25, -0.2) is 0 Å². The Balaban J connectivity index is 1.68. The first-order valence-electron chi connectivity index (χ1n) is 10.3. The molecule has 0 N–H and O–H groups in total. The molecule has 2 saturated heterocycles. The van der Waals surface area contributed by atoms with Gasteiger partial charge in [-0.05, 0) is 30.6 Å². The summed E-state index contributed by atoms with van der Waals surface area (Å²) < 4.78 is 6.71. The van der Waals surface area contributed by atoms with Gasteiger partial charge in [0.2, 0.25) is 0 Å². The van der Waals surface area contributed by atoms with E-state index < -0.39 is 0 Å². The number of rotatable bonds is 8. The summed E-state index contributed by atoms with van der Waals surface area (Å²) in [7, 11) is 0. The van der Waals surface area contributed by atoms with Crippen LogP contribution in [-0.4, -0.2) is 6.92 Å².